The van der Waals surface area contributed by atoms with E-state index >= 15 is 0 Å². The summed E-state index contributed by atoms with van der Waals surface area (Å²) in [5.74, 6) is 2.01. The Hall–Kier alpha value is -6.01. The van der Waals surface area contributed by atoms with E-state index in [0.29, 0.717) is 17.5 Å². The van der Waals surface area contributed by atoms with Gasteiger partial charge in [-0.1, -0.05) is 146 Å². The van der Waals surface area contributed by atoms with Crippen molar-refractivity contribution in [1.82, 2.24) is 15.0 Å². The molecule has 0 saturated carbocycles. The topological polar surface area (TPSA) is 38.7 Å². The van der Waals surface area contributed by atoms with Crippen molar-refractivity contribution >= 4 is 63.0 Å². The van der Waals surface area contributed by atoms with Gasteiger partial charge in [0.15, 0.2) is 17.5 Å². The molecule has 3 aromatic heterocycles. The summed E-state index contributed by atoms with van der Waals surface area (Å²) in [7, 11) is 0. The molecule has 5 heteroatoms. The minimum atomic E-state index is 0.668. The van der Waals surface area contributed by atoms with Crippen LogP contribution in [0.1, 0.15) is 0 Å². The number of fused-ring (bicyclic) bond motifs is 6. The summed E-state index contributed by atoms with van der Waals surface area (Å²) in [6.45, 7) is 0. The molecule has 0 radical (unpaired) electrons. The van der Waals surface area contributed by atoms with Crippen LogP contribution >= 0.6 is 22.7 Å². The number of thiophene rings is 2. The lowest BCUT2D eigenvalue weighted by atomic mass is 9.94. The van der Waals surface area contributed by atoms with E-state index in [0.717, 1.165) is 16.7 Å². The minimum Gasteiger partial charge on any atom is -0.208 e. The van der Waals surface area contributed by atoms with Gasteiger partial charge in [0.25, 0.3) is 0 Å². The molecule has 0 fully saturated rings. The highest BCUT2D eigenvalue weighted by atomic mass is 32.1. The zero-order chi connectivity index (χ0) is 33.0. The molecule has 0 unspecified atom stereocenters. The number of rotatable bonds is 5. The summed E-state index contributed by atoms with van der Waals surface area (Å²) in [5.41, 5.74) is 7.94. The lowest BCUT2D eigenvalue weighted by Crippen LogP contribution is -1.99. The first-order valence-corrected chi connectivity index (χ1v) is 18.2. The Bertz CT molecular complexity index is 2800. The van der Waals surface area contributed by atoms with E-state index < -0.39 is 0 Å². The van der Waals surface area contributed by atoms with E-state index in [1.807, 2.05) is 83.3 Å². The van der Waals surface area contributed by atoms with E-state index in [9.17, 15) is 0 Å². The van der Waals surface area contributed by atoms with Gasteiger partial charge < -0.3 is 0 Å². The van der Waals surface area contributed by atoms with Crippen LogP contribution in [0.25, 0.3) is 96.8 Å². The Morgan fingerprint density at radius 1 is 0.320 bits per heavy atom. The summed E-state index contributed by atoms with van der Waals surface area (Å²) in [6, 6.07) is 57.9. The van der Waals surface area contributed by atoms with Gasteiger partial charge in [0.2, 0.25) is 0 Å². The summed E-state index contributed by atoms with van der Waals surface area (Å²) in [5, 5.41) is 5.15. The van der Waals surface area contributed by atoms with Gasteiger partial charge in [-0.25, -0.2) is 15.0 Å². The standard InChI is InChI=1S/C45H27N3S2/c1-4-12-28(13-5-1)33-24-25-34(42-41(33)37-18-10-11-19-38(37)50-42)31-20-22-35-36-23-21-32(27-40(36)49-39(35)26-31)45-47-43(29-14-6-2-7-15-29)46-44(48-45)30-16-8-3-9-17-30/h1-27H. The molecule has 3 nitrogen and oxygen atoms in total. The van der Waals surface area contributed by atoms with Crippen LogP contribution in [-0.2, 0) is 0 Å². The fourth-order valence-corrected chi connectivity index (χ4v) is 9.38. The van der Waals surface area contributed by atoms with Crippen molar-refractivity contribution in [3.05, 3.63) is 164 Å². The zero-order valence-corrected chi connectivity index (χ0v) is 28.4. The molecule has 10 aromatic rings. The van der Waals surface area contributed by atoms with Crippen LogP contribution in [0.5, 0.6) is 0 Å². The van der Waals surface area contributed by atoms with Crippen molar-refractivity contribution in [3.8, 4) is 56.4 Å². The van der Waals surface area contributed by atoms with Crippen LogP contribution in [0.3, 0.4) is 0 Å². The second-order valence-electron chi connectivity index (χ2n) is 12.4. The first kappa shape index (κ1) is 29.0. The SMILES string of the molecule is c1ccc(-c2nc(-c3ccccc3)nc(-c3ccc4c(c3)sc3cc(-c5ccc(-c6ccccc6)c6c5sc5ccccc56)ccc34)n2)cc1. The fourth-order valence-electron chi connectivity index (χ4n) is 6.94. The molecular formula is C45H27N3S2. The second-order valence-corrected chi connectivity index (χ2v) is 14.5. The molecule has 0 aliphatic heterocycles. The molecule has 3 heterocycles. The highest BCUT2D eigenvalue weighted by Crippen LogP contribution is 2.46. The van der Waals surface area contributed by atoms with E-state index in [1.54, 1.807) is 0 Å². The third kappa shape index (κ3) is 4.90. The molecule has 0 N–H and O–H groups in total. The highest BCUT2D eigenvalue weighted by molar-refractivity contribution is 7.26. The Labute approximate surface area is 296 Å². The molecule has 0 aliphatic rings. The van der Waals surface area contributed by atoms with Gasteiger partial charge in [-0.15, -0.1) is 22.7 Å². The van der Waals surface area contributed by atoms with Crippen molar-refractivity contribution in [2.75, 3.05) is 0 Å². The van der Waals surface area contributed by atoms with Crippen LogP contribution in [-0.4, -0.2) is 15.0 Å². The Kier molecular flexibility index (Phi) is 6.86. The van der Waals surface area contributed by atoms with Gasteiger partial charge in [-0.05, 0) is 40.5 Å². The quantitative estimate of drug-likeness (QED) is 0.182. The maximum atomic E-state index is 4.97. The third-order valence-electron chi connectivity index (χ3n) is 9.35. The predicted molar refractivity (Wildman–Crippen MR) is 213 cm³/mol. The lowest BCUT2D eigenvalue weighted by molar-refractivity contribution is 1.07. The minimum absolute atomic E-state index is 0.668. The average Bonchev–Trinajstić information content (AvgIpc) is 3.76. The van der Waals surface area contributed by atoms with E-state index in [2.05, 4.69) is 103 Å². The summed E-state index contributed by atoms with van der Waals surface area (Å²) >= 11 is 3.71. The largest absolute Gasteiger partial charge is 0.208 e. The molecule has 10 rings (SSSR count). The molecule has 7 aromatic carbocycles. The summed E-state index contributed by atoms with van der Waals surface area (Å²) in [4.78, 5) is 14.8. The van der Waals surface area contributed by atoms with Gasteiger partial charge in [0.05, 0.1) is 0 Å². The molecule has 0 bridgehead atoms. The van der Waals surface area contributed by atoms with Gasteiger partial charge in [0.1, 0.15) is 0 Å². The van der Waals surface area contributed by atoms with Crippen LogP contribution in [0, 0.1) is 0 Å². The maximum absolute atomic E-state index is 4.97. The highest BCUT2D eigenvalue weighted by Gasteiger charge is 2.17. The molecule has 0 saturated heterocycles. The Balaban J connectivity index is 1.10. The van der Waals surface area contributed by atoms with Crippen LogP contribution < -0.4 is 0 Å². The lowest BCUT2D eigenvalue weighted by Gasteiger charge is -2.10. The molecule has 234 valence electrons. The zero-order valence-electron chi connectivity index (χ0n) is 26.7. The van der Waals surface area contributed by atoms with E-state index in [-0.39, 0.29) is 0 Å². The second kappa shape index (κ2) is 11.8. The number of aromatic nitrogens is 3. The number of hydrogen-bond donors (Lipinski definition) is 0. The summed E-state index contributed by atoms with van der Waals surface area (Å²) in [6.07, 6.45) is 0. The van der Waals surface area contributed by atoms with Gasteiger partial charge in [0, 0.05) is 57.0 Å². The Morgan fingerprint density at radius 3 is 1.46 bits per heavy atom. The average molecular weight is 674 g/mol. The van der Waals surface area contributed by atoms with Crippen molar-refractivity contribution in [3.63, 3.8) is 0 Å². The normalized spacial score (nSPS) is 11.6. The number of nitrogens with zero attached hydrogens (tertiary/aromatic N) is 3. The smallest absolute Gasteiger partial charge is 0.164 e. The fraction of sp³-hybridized carbons (Fsp3) is 0. The van der Waals surface area contributed by atoms with Crippen LogP contribution in [0.4, 0.5) is 0 Å². The molecule has 0 atom stereocenters. The van der Waals surface area contributed by atoms with Gasteiger partial charge in [-0.3, -0.25) is 0 Å². The predicted octanol–water partition coefficient (Wildman–Crippen LogP) is 12.9. The molecule has 0 aliphatic carbocycles. The van der Waals surface area contributed by atoms with Gasteiger partial charge >= 0.3 is 0 Å². The first-order chi connectivity index (χ1) is 24.8. The molecular weight excluding hydrogens is 647 g/mol. The number of benzene rings is 7. The molecule has 0 amide bonds. The van der Waals surface area contributed by atoms with Crippen molar-refractivity contribution < 1.29 is 0 Å². The first-order valence-electron chi connectivity index (χ1n) is 16.6. The Morgan fingerprint density at radius 2 is 0.820 bits per heavy atom. The van der Waals surface area contributed by atoms with Crippen LogP contribution in [0.2, 0.25) is 0 Å². The molecule has 50 heavy (non-hydrogen) atoms. The van der Waals surface area contributed by atoms with Crippen molar-refractivity contribution in [2.24, 2.45) is 0 Å². The third-order valence-corrected chi connectivity index (χ3v) is 11.7. The van der Waals surface area contributed by atoms with Crippen molar-refractivity contribution in [2.45, 2.75) is 0 Å². The van der Waals surface area contributed by atoms with Crippen molar-refractivity contribution in [1.29, 1.82) is 0 Å². The molecule has 0 spiro atoms. The maximum Gasteiger partial charge on any atom is 0.164 e. The van der Waals surface area contributed by atoms with E-state index in [4.69, 9.17) is 15.0 Å². The monoisotopic (exact) mass is 673 g/mol. The van der Waals surface area contributed by atoms with Crippen LogP contribution in [0.15, 0.2) is 164 Å². The number of hydrogen-bond acceptors (Lipinski definition) is 5. The van der Waals surface area contributed by atoms with Gasteiger partial charge in [-0.2, -0.15) is 0 Å². The summed E-state index contributed by atoms with van der Waals surface area (Å²) < 4.78 is 5.12. The van der Waals surface area contributed by atoms with E-state index in [1.165, 1.54) is 62.6 Å².